The maximum atomic E-state index is 11.6. The Kier molecular flexibility index (Phi) is 4.69. The van der Waals surface area contributed by atoms with Gasteiger partial charge in [0, 0.05) is 18.8 Å². The number of alkyl halides is 1. The number of carbonyl (C=O) groups is 1. The molecule has 0 radical (unpaired) electrons. The van der Waals surface area contributed by atoms with Crippen LogP contribution in [0.3, 0.4) is 0 Å². The Bertz CT molecular complexity index is 197. The molecule has 14 heavy (non-hydrogen) atoms. The van der Waals surface area contributed by atoms with E-state index in [4.69, 9.17) is 11.6 Å². The number of carbonyl (C=O) groups excluding carboxylic acids is 1. The van der Waals surface area contributed by atoms with Crippen LogP contribution in [0.1, 0.15) is 32.6 Å². The van der Waals surface area contributed by atoms with Gasteiger partial charge < -0.3 is 10.0 Å². The van der Waals surface area contributed by atoms with Crippen LogP contribution in [0.4, 0.5) is 0 Å². The van der Waals surface area contributed by atoms with E-state index in [0.717, 1.165) is 25.8 Å². The Balaban J connectivity index is 2.57. The standard InChI is InChI=1S/C10H18ClNO2/c1-8(13)9-4-2-3-7-12(9)10(14)5-6-11/h8-9,13H,2-7H2,1H3/t8-,9-/m1/s1. The third-order valence-corrected chi connectivity index (χ3v) is 2.92. The van der Waals surface area contributed by atoms with Crippen molar-refractivity contribution in [1.82, 2.24) is 4.90 Å². The molecule has 4 heteroatoms. The van der Waals surface area contributed by atoms with Gasteiger partial charge in [-0.25, -0.2) is 0 Å². The van der Waals surface area contributed by atoms with E-state index in [0.29, 0.717) is 12.3 Å². The highest BCUT2D eigenvalue weighted by molar-refractivity contribution is 6.18. The number of hydrogen-bond acceptors (Lipinski definition) is 2. The fourth-order valence-electron chi connectivity index (χ4n) is 1.99. The highest BCUT2D eigenvalue weighted by Crippen LogP contribution is 2.20. The first-order valence-corrected chi connectivity index (χ1v) is 5.73. The van der Waals surface area contributed by atoms with E-state index in [1.807, 2.05) is 0 Å². The average Bonchev–Trinajstić information content (AvgIpc) is 2.18. The monoisotopic (exact) mass is 219 g/mol. The van der Waals surface area contributed by atoms with Gasteiger partial charge in [0.1, 0.15) is 0 Å². The van der Waals surface area contributed by atoms with E-state index in [2.05, 4.69) is 0 Å². The molecular formula is C10H18ClNO2. The first-order chi connectivity index (χ1) is 6.66. The number of piperidine rings is 1. The van der Waals surface area contributed by atoms with Crippen molar-refractivity contribution < 1.29 is 9.90 Å². The summed E-state index contributed by atoms with van der Waals surface area (Å²) in [5, 5.41) is 9.54. The van der Waals surface area contributed by atoms with Crippen molar-refractivity contribution in [2.45, 2.75) is 44.8 Å². The lowest BCUT2D eigenvalue weighted by Gasteiger charge is -2.37. The van der Waals surface area contributed by atoms with Crippen molar-refractivity contribution in [2.24, 2.45) is 0 Å². The van der Waals surface area contributed by atoms with Crippen LogP contribution in [0.2, 0.25) is 0 Å². The van der Waals surface area contributed by atoms with E-state index < -0.39 is 6.10 Å². The third-order valence-electron chi connectivity index (χ3n) is 2.73. The highest BCUT2D eigenvalue weighted by Gasteiger charge is 2.29. The molecule has 1 rings (SSSR count). The largest absolute Gasteiger partial charge is 0.391 e. The van der Waals surface area contributed by atoms with Gasteiger partial charge in [-0.2, -0.15) is 0 Å². The van der Waals surface area contributed by atoms with E-state index in [9.17, 15) is 9.90 Å². The summed E-state index contributed by atoms with van der Waals surface area (Å²) in [6.45, 7) is 2.52. The van der Waals surface area contributed by atoms with Crippen molar-refractivity contribution in [3.05, 3.63) is 0 Å². The van der Waals surface area contributed by atoms with Crippen LogP contribution in [-0.4, -0.2) is 40.5 Å². The molecule has 1 fully saturated rings. The maximum Gasteiger partial charge on any atom is 0.224 e. The predicted molar refractivity (Wildman–Crippen MR) is 56.4 cm³/mol. The average molecular weight is 220 g/mol. The fourth-order valence-corrected chi connectivity index (χ4v) is 2.15. The van der Waals surface area contributed by atoms with Gasteiger partial charge >= 0.3 is 0 Å². The summed E-state index contributed by atoms with van der Waals surface area (Å²) < 4.78 is 0. The molecule has 0 unspecified atom stereocenters. The topological polar surface area (TPSA) is 40.5 Å². The van der Waals surface area contributed by atoms with Crippen LogP contribution in [0.15, 0.2) is 0 Å². The molecule has 3 nitrogen and oxygen atoms in total. The molecule has 1 heterocycles. The Morgan fingerprint density at radius 3 is 2.93 bits per heavy atom. The van der Waals surface area contributed by atoms with Gasteiger partial charge in [-0.05, 0) is 26.2 Å². The van der Waals surface area contributed by atoms with Crippen LogP contribution < -0.4 is 0 Å². The summed E-state index contributed by atoms with van der Waals surface area (Å²) in [4.78, 5) is 13.4. The smallest absolute Gasteiger partial charge is 0.224 e. The molecule has 0 aromatic rings. The summed E-state index contributed by atoms with van der Waals surface area (Å²) in [6, 6.07) is -0.000494. The second kappa shape index (κ2) is 5.56. The van der Waals surface area contributed by atoms with E-state index in [1.165, 1.54) is 0 Å². The molecule has 0 spiro atoms. The predicted octanol–water partition coefficient (Wildman–Crippen LogP) is 1.38. The van der Waals surface area contributed by atoms with Crippen molar-refractivity contribution >= 4 is 17.5 Å². The number of hydrogen-bond donors (Lipinski definition) is 1. The van der Waals surface area contributed by atoms with Crippen LogP contribution in [0.5, 0.6) is 0 Å². The molecule has 1 N–H and O–H groups in total. The van der Waals surface area contributed by atoms with Gasteiger partial charge in [0.25, 0.3) is 0 Å². The van der Waals surface area contributed by atoms with Gasteiger partial charge in [-0.3, -0.25) is 4.79 Å². The second-order valence-electron chi connectivity index (χ2n) is 3.83. The number of nitrogens with zero attached hydrogens (tertiary/aromatic N) is 1. The minimum absolute atomic E-state index is 0.000494. The van der Waals surface area contributed by atoms with Crippen molar-refractivity contribution in [2.75, 3.05) is 12.4 Å². The lowest BCUT2D eigenvalue weighted by atomic mass is 9.98. The number of amides is 1. The molecular weight excluding hydrogens is 202 g/mol. The number of aliphatic hydroxyl groups is 1. The summed E-state index contributed by atoms with van der Waals surface area (Å²) in [6.07, 6.45) is 2.99. The summed E-state index contributed by atoms with van der Waals surface area (Å²) in [5.74, 6) is 0.438. The van der Waals surface area contributed by atoms with E-state index >= 15 is 0 Å². The molecule has 2 atom stereocenters. The van der Waals surface area contributed by atoms with Gasteiger partial charge in [0.05, 0.1) is 12.1 Å². The normalized spacial score (nSPS) is 24.8. The van der Waals surface area contributed by atoms with Crippen molar-refractivity contribution in [1.29, 1.82) is 0 Å². The summed E-state index contributed by atoms with van der Waals surface area (Å²) >= 11 is 5.53. The van der Waals surface area contributed by atoms with Gasteiger partial charge in [0.15, 0.2) is 0 Å². The Hall–Kier alpha value is -0.280. The van der Waals surface area contributed by atoms with E-state index in [1.54, 1.807) is 11.8 Å². The van der Waals surface area contributed by atoms with Gasteiger partial charge in [0.2, 0.25) is 5.91 Å². The summed E-state index contributed by atoms with van der Waals surface area (Å²) in [7, 11) is 0. The minimum atomic E-state index is -0.436. The SMILES string of the molecule is C[C@@H](O)[C@H]1CCCCN1C(=O)CCCl. The van der Waals surface area contributed by atoms with Gasteiger partial charge in [-0.1, -0.05) is 0 Å². The molecule has 1 aliphatic rings. The molecule has 0 aromatic carbocycles. The second-order valence-corrected chi connectivity index (χ2v) is 4.21. The number of rotatable bonds is 3. The number of halogens is 1. The molecule has 0 aliphatic carbocycles. The first-order valence-electron chi connectivity index (χ1n) is 5.20. The van der Waals surface area contributed by atoms with E-state index in [-0.39, 0.29) is 11.9 Å². The zero-order valence-electron chi connectivity index (χ0n) is 8.58. The zero-order chi connectivity index (χ0) is 10.6. The molecule has 1 aliphatic heterocycles. The van der Waals surface area contributed by atoms with Crippen LogP contribution in [-0.2, 0) is 4.79 Å². The first kappa shape index (κ1) is 11.8. The third kappa shape index (κ3) is 2.85. The molecule has 0 aromatic heterocycles. The molecule has 0 bridgehead atoms. The van der Waals surface area contributed by atoms with Crippen molar-refractivity contribution in [3.63, 3.8) is 0 Å². The minimum Gasteiger partial charge on any atom is -0.391 e. The molecule has 82 valence electrons. The molecule has 0 saturated carbocycles. The Labute approximate surface area is 90.0 Å². The Morgan fingerprint density at radius 1 is 1.64 bits per heavy atom. The quantitative estimate of drug-likeness (QED) is 0.729. The molecule has 1 saturated heterocycles. The maximum absolute atomic E-state index is 11.6. The Morgan fingerprint density at radius 2 is 2.36 bits per heavy atom. The summed E-state index contributed by atoms with van der Waals surface area (Å²) in [5.41, 5.74) is 0. The van der Waals surface area contributed by atoms with Crippen LogP contribution in [0, 0.1) is 0 Å². The number of likely N-dealkylation sites (tertiary alicyclic amines) is 1. The lowest BCUT2D eigenvalue weighted by Crippen LogP contribution is -2.48. The molecule has 1 amide bonds. The highest BCUT2D eigenvalue weighted by atomic mass is 35.5. The number of aliphatic hydroxyl groups excluding tert-OH is 1. The van der Waals surface area contributed by atoms with Crippen LogP contribution in [0.25, 0.3) is 0 Å². The zero-order valence-corrected chi connectivity index (χ0v) is 9.33. The lowest BCUT2D eigenvalue weighted by molar-refractivity contribution is -0.137. The fraction of sp³-hybridized carbons (Fsp3) is 0.900. The van der Waals surface area contributed by atoms with Crippen molar-refractivity contribution in [3.8, 4) is 0 Å². The van der Waals surface area contributed by atoms with Crippen LogP contribution >= 0.6 is 11.6 Å². The van der Waals surface area contributed by atoms with Gasteiger partial charge in [-0.15, -0.1) is 11.6 Å².